The molecular formula is C20H29F3N4O3. The minimum absolute atomic E-state index is 0.137. The van der Waals surface area contributed by atoms with E-state index in [9.17, 15) is 27.6 Å². The number of rotatable bonds is 9. The van der Waals surface area contributed by atoms with Crippen LogP contribution in [0, 0.1) is 17.5 Å². The highest BCUT2D eigenvalue weighted by Crippen LogP contribution is 2.19. The van der Waals surface area contributed by atoms with Gasteiger partial charge in [0.1, 0.15) is 0 Å². The van der Waals surface area contributed by atoms with Crippen molar-refractivity contribution in [3.63, 3.8) is 0 Å². The van der Waals surface area contributed by atoms with Gasteiger partial charge < -0.3 is 15.5 Å². The van der Waals surface area contributed by atoms with Crippen molar-refractivity contribution in [3.8, 4) is 0 Å². The number of benzene rings is 1. The second-order valence-corrected chi connectivity index (χ2v) is 8.03. The summed E-state index contributed by atoms with van der Waals surface area (Å²) in [6.07, 6.45) is 0.633. The first-order valence-electron chi connectivity index (χ1n) is 9.54. The fourth-order valence-corrected chi connectivity index (χ4v) is 2.62. The number of amides is 3. The van der Waals surface area contributed by atoms with Gasteiger partial charge in [-0.2, -0.15) is 0 Å². The van der Waals surface area contributed by atoms with Crippen LogP contribution in [-0.4, -0.2) is 66.3 Å². The second-order valence-electron chi connectivity index (χ2n) is 8.03. The summed E-state index contributed by atoms with van der Waals surface area (Å²) in [5.41, 5.74) is -0.916. The highest BCUT2D eigenvalue weighted by Gasteiger charge is 2.21. The Hall–Kier alpha value is -2.62. The fourth-order valence-electron chi connectivity index (χ4n) is 2.62. The second kappa shape index (κ2) is 11.0. The average molecular weight is 430 g/mol. The van der Waals surface area contributed by atoms with E-state index in [4.69, 9.17) is 0 Å². The third kappa shape index (κ3) is 8.40. The summed E-state index contributed by atoms with van der Waals surface area (Å²) in [5.74, 6) is -5.91. The van der Waals surface area contributed by atoms with Gasteiger partial charge in [-0.15, -0.1) is 0 Å². The topological polar surface area (TPSA) is 81.8 Å². The van der Waals surface area contributed by atoms with Gasteiger partial charge in [0.05, 0.1) is 25.3 Å². The van der Waals surface area contributed by atoms with E-state index >= 15 is 0 Å². The van der Waals surface area contributed by atoms with Gasteiger partial charge in [0.25, 0.3) is 0 Å². The van der Waals surface area contributed by atoms with Crippen LogP contribution in [0.15, 0.2) is 12.1 Å². The molecule has 0 aliphatic rings. The molecule has 0 aromatic heterocycles. The lowest BCUT2D eigenvalue weighted by molar-refractivity contribution is -0.136. The lowest BCUT2D eigenvalue weighted by Gasteiger charge is -2.26. The standard InChI is InChI=1S/C20H29F3N4O3/c1-6-9-27(12-17(30)26(5)10-16(29)25-20(2,3)4)11-15(28)24-14-8-7-13(21)18(22)19(14)23/h7-8H,6,9-12H2,1-5H3,(H,24,28)(H,25,29). The Morgan fingerprint density at radius 3 is 2.17 bits per heavy atom. The number of hydrogen-bond acceptors (Lipinski definition) is 4. The van der Waals surface area contributed by atoms with Gasteiger partial charge in [0.15, 0.2) is 17.5 Å². The Bertz CT molecular complexity index is 781. The first kappa shape index (κ1) is 25.4. The number of carbonyl (C=O) groups excluding carboxylic acids is 3. The zero-order valence-corrected chi connectivity index (χ0v) is 17.9. The highest BCUT2D eigenvalue weighted by molar-refractivity contribution is 5.93. The van der Waals surface area contributed by atoms with E-state index in [1.54, 1.807) is 0 Å². The smallest absolute Gasteiger partial charge is 0.240 e. The van der Waals surface area contributed by atoms with Crippen molar-refractivity contribution in [1.82, 2.24) is 15.1 Å². The zero-order valence-electron chi connectivity index (χ0n) is 17.9. The number of hydrogen-bond donors (Lipinski definition) is 2. The van der Waals surface area contributed by atoms with Gasteiger partial charge in [-0.05, 0) is 45.9 Å². The van der Waals surface area contributed by atoms with Crippen LogP contribution in [0.25, 0.3) is 0 Å². The summed E-state index contributed by atoms with van der Waals surface area (Å²) in [5, 5.41) is 4.93. The van der Waals surface area contributed by atoms with Crippen LogP contribution in [0.1, 0.15) is 34.1 Å². The number of nitrogens with zero attached hydrogens (tertiary/aromatic N) is 2. The molecule has 2 N–H and O–H groups in total. The van der Waals surface area contributed by atoms with Crippen LogP contribution >= 0.6 is 0 Å². The van der Waals surface area contributed by atoms with Gasteiger partial charge >= 0.3 is 0 Å². The molecule has 7 nitrogen and oxygen atoms in total. The predicted molar refractivity (Wildman–Crippen MR) is 107 cm³/mol. The molecule has 0 aliphatic carbocycles. The van der Waals surface area contributed by atoms with Crippen LogP contribution in [0.5, 0.6) is 0 Å². The third-order valence-corrected chi connectivity index (χ3v) is 3.90. The summed E-state index contributed by atoms with van der Waals surface area (Å²) >= 11 is 0. The molecule has 0 radical (unpaired) electrons. The van der Waals surface area contributed by atoms with Crippen molar-refractivity contribution in [2.45, 2.75) is 39.7 Å². The molecule has 10 heteroatoms. The summed E-state index contributed by atoms with van der Waals surface area (Å²) in [7, 11) is 1.48. The van der Waals surface area contributed by atoms with Crippen molar-refractivity contribution in [3.05, 3.63) is 29.6 Å². The van der Waals surface area contributed by atoms with E-state index in [0.29, 0.717) is 19.0 Å². The summed E-state index contributed by atoms with van der Waals surface area (Å²) in [6, 6.07) is 1.63. The van der Waals surface area contributed by atoms with Gasteiger partial charge in [-0.3, -0.25) is 19.3 Å². The number of nitrogens with one attached hydrogen (secondary N) is 2. The van der Waals surface area contributed by atoms with Crippen LogP contribution in [0.2, 0.25) is 0 Å². The van der Waals surface area contributed by atoms with Gasteiger partial charge in [0, 0.05) is 12.6 Å². The predicted octanol–water partition coefficient (Wildman–Crippen LogP) is 2.13. The Balaban J connectivity index is 2.69. The number of halogens is 3. The van der Waals surface area contributed by atoms with Crippen molar-refractivity contribution in [2.75, 3.05) is 38.5 Å². The van der Waals surface area contributed by atoms with E-state index in [-0.39, 0.29) is 31.4 Å². The van der Waals surface area contributed by atoms with E-state index in [0.717, 1.165) is 6.07 Å². The third-order valence-electron chi connectivity index (χ3n) is 3.90. The van der Waals surface area contributed by atoms with Crippen LogP contribution in [0.3, 0.4) is 0 Å². The maximum Gasteiger partial charge on any atom is 0.240 e. The quantitative estimate of drug-likeness (QED) is 0.588. The Morgan fingerprint density at radius 1 is 0.967 bits per heavy atom. The lowest BCUT2D eigenvalue weighted by Crippen LogP contribution is -2.48. The van der Waals surface area contributed by atoms with Gasteiger partial charge in [-0.25, -0.2) is 13.2 Å². The molecule has 0 bridgehead atoms. The van der Waals surface area contributed by atoms with Crippen molar-refractivity contribution < 1.29 is 27.6 Å². The SMILES string of the molecule is CCCN(CC(=O)Nc1ccc(F)c(F)c1F)CC(=O)N(C)CC(=O)NC(C)(C)C. The number of anilines is 1. The van der Waals surface area contributed by atoms with Gasteiger partial charge in [-0.1, -0.05) is 6.92 Å². The minimum atomic E-state index is -1.68. The van der Waals surface area contributed by atoms with Crippen LogP contribution < -0.4 is 10.6 Å². The Kier molecular flexibility index (Phi) is 9.28. The molecule has 1 aromatic rings. The molecule has 1 rings (SSSR count). The maximum atomic E-state index is 13.7. The van der Waals surface area contributed by atoms with Crippen molar-refractivity contribution in [2.24, 2.45) is 0 Å². The lowest BCUT2D eigenvalue weighted by atomic mass is 10.1. The molecule has 0 fully saturated rings. The van der Waals surface area contributed by atoms with E-state index in [1.165, 1.54) is 16.8 Å². The summed E-state index contributed by atoms with van der Waals surface area (Å²) in [6.45, 7) is 7.17. The molecule has 168 valence electrons. The Morgan fingerprint density at radius 2 is 1.60 bits per heavy atom. The molecule has 0 aliphatic heterocycles. The molecule has 3 amide bonds. The van der Waals surface area contributed by atoms with Crippen molar-refractivity contribution in [1.29, 1.82) is 0 Å². The summed E-state index contributed by atoms with van der Waals surface area (Å²) in [4.78, 5) is 39.4. The van der Waals surface area contributed by atoms with E-state index in [1.807, 2.05) is 27.7 Å². The molecule has 0 saturated heterocycles. The molecule has 0 atom stereocenters. The van der Waals surface area contributed by atoms with Crippen LogP contribution in [-0.2, 0) is 14.4 Å². The van der Waals surface area contributed by atoms with Crippen molar-refractivity contribution >= 4 is 23.4 Å². The highest BCUT2D eigenvalue weighted by atomic mass is 19.2. The maximum absolute atomic E-state index is 13.7. The largest absolute Gasteiger partial charge is 0.350 e. The molecule has 0 spiro atoms. The number of carbonyl (C=O) groups is 3. The van der Waals surface area contributed by atoms with Gasteiger partial charge in [0.2, 0.25) is 17.7 Å². The first-order valence-corrected chi connectivity index (χ1v) is 9.54. The molecular weight excluding hydrogens is 401 g/mol. The minimum Gasteiger partial charge on any atom is -0.350 e. The monoisotopic (exact) mass is 430 g/mol. The van der Waals surface area contributed by atoms with Crippen LogP contribution in [0.4, 0.5) is 18.9 Å². The average Bonchev–Trinajstić information content (AvgIpc) is 2.60. The van der Waals surface area contributed by atoms with E-state index in [2.05, 4.69) is 10.6 Å². The zero-order chi connectivity index (χ0) is 23.1. The molecule has 30 heavy (non-hydrogen) atoms. The Labute approximate surface area is 174 Å². The fraction of sp³-hybridized carbons (Fsp3) is 0.550. The molecule has 0 heterocycles. The first-order chi connectivity index (χ1) is 13.8. The number of likely N-dealkylation sites (N-methyl/N-ethyl adjacent to an activating group) is 1. The normalized spacial score (nSPS) is 11.4. The molecule has 0 unspecified atom stereocenters. The van der Waals surface area contributed by atoms with E-state index < -0.39 is 34.6 Å². The molecule has 1 aromatic carbocycles. The molecule has 0 saturated carbocycles. The summed E-state index contributed by atoms with van der Waals surface area (Å²) < 4.78 is 40.0.